The maximum absolute atomic E-state index is 12.9. The van der Waals surface area contributed by atoms with Crippen molar-refractivity contribution in [3.63, 3.8) is 0 Å². The number of carbonyl (C=O) groups is 2. The first-order chi connectivity index (χ1) is 12.7. The summed E-state index contributed by atoms with van der Waals surface area (Å²) in [5.41, 5.74) is -0.101. The van der Waals surface area contributed by atoms with Crippen molar-refractivity contribution in [3.8, 4) is 17.2 Å². The van der Waals surface area contributed by atoms with Crippen molar-refractivity contribution in [1.29, 1.82) is 0 Å². The molecule has 2 rings (SSSR count). The van der Waals surface area contributed by atoms with E-state index in [1.54, 1.807) is 21.9 Å². The second kappa shape index (κ2) is 8.37. The zero-order valence-electron chi connectivity index (χ0n) is 16.8. The van der Waals surface area contributed by atoms with Gasteiger partial charge in [0.1, 0.15) is 5.60 Å². The molecule has 1 aliphatic heterocycles. The third kappa shape index (κ3) is 4.96. The van der Waals surface area contributed by atoms with Gasteiger partial charge in [-0.1, -0.05) is 0 Å². The van der Waals surface area contributed by atoms with Crippen LogP contribution in [0.25, 0.3) is 0 Å². The first-order valence-electron chi connectivity index (χ1n) is 8.77. The zero-order chi connectivity index (χ0) is 20.2. The highest BCUT2D eigenvalue weighted by molar-refractivity contribution is 5.95. The van der Waals surface area contributed by atoms with Crippen LogP contribution < -0.4 is 14.2 Å². The first kappa shape index (κ1) is 20.7. The van der Waals surface area contributed by atoms with Gasteiger partial charge in [-0.2, -0.15) is 0 Å². The zero-order valence-corrected chi connectivity index (χ0v) is 16.8. The van der Waals surface area contributed by atoms with Gasteiger partial charge in [0.15, 0.2) is 11.5 Å². The fourth-order valence-electron chi connectivity index (χ4n) is 2.81. The Bertz CT molecular complexity index is 665. The summed E-state index contributed by atoms with van der Waals surface area (Å²) in [6, 6.07) is 3.26. The van der Waals surface area contributed by atoms with Crippen LogP contribution in [0.5, 0.6) is 17.2 Å². The summed E-state index contributed by atoms with van der Waals surface area (Å²) in [7, 11) is 4.52. The van der Waals surface area contributed by atoms with E-state index in [2.05, 4.69) is 0 Å². The van der Waals surface area contributed by atoms with Crippen LogP contribution in [-0.2, 0) is 4.74 Å². The van der Waals surface area contributed by atoms with Crippen molar-refractivity contribution in [2.24, 2.45) is 0 Å². The molecule has 150 valence electrons. The lowest BCUT2D eigenvalue weighted by Gasteiger charge is -2.35. The van der Waals surface area contributed by atoms with E-state index in [9.17, 15) is 9.59 Å². The van der Waals surface area contributed by atoms with E-state index in [1.807, 2.05) is 20.8 Å². The Morgan fingerprint density at radius 2 is 1.33 bits per heavy atom. The lowest BCUT2D eigenvalue weighted by atomic mass is 10.1. The third-order valence-corrected chi connectivity index (χ3v) is 4.13. The molecule has 1 fully saturated rings. The summed E-state index contributed by atoms with van der Waals surface area (Å²) in [4.78, 5) is 28.3. The molecule has 1 aromatic rings. The minimum atomic E-state index is -0.541. The fourth-order valence-corrected chi connectivity index (χ4v) is 2.81. The summed E-state index contributed by atoms with van der Waals surface area (Å²) in [6.45, 7) is 7.18. The quantitative estimate of drug-likeness (QED) is 0.798. The average molecular weight is 380 g/mol. The van der Waals surface area contributed by atoms with Crippen LogP contribution in [0.15, 0.2) is 12.1 Å². The molecule has 8 nitrogen and oxygen atoms in total. The van der Waals surface area contributed by atoms with Gasteiger partial charge in [0.25, 0.3) is 5.91 Å². The summed E-state index contributed by atoms with van der Waals surface area (Å²) in [6.07, 6.45) is -0.359. The number of amides is 2. The van der Waals surface area contributed by atoms with Crippen LogP contribution in [-0.4, -0.2) is 74.9 Å². The van der Waals surface area contributed by atoms with Crippen molar-refractivity contribution in [3.05, 3.63) is 17.7 Å². The van der Waals surface area contributed by atoms with Gasteiger partial charge in [-0.3, -0.25) is 4.79 Å². The molecule has 0 unspecified atom stereocenters. The fraction of sp³-hybridized carbons (Fsp3) is 0.579. The lowest BCUT2D eigenvalue weighted by Crippen LogP contribution is -2.51. The molecule has 27 heavy (non-hydrogen) atoms. The van der Waals surface area contributed by atoms with Crippen LogP contribution in [0.1, 0.15) is 31.1 Å². The highest BCUT2D eigenvalue weighted by atomic mass is 16.6. The summed E-state index contributed by atoms with van der Waals surface area (Å²) < 4.78 is 21.3. The average Bonchev–Trinajstić information content (AvgIpc) is 2.64. The van der Waals surface area contributed by atoms with Gasteiger partial charge < -0.3 is 28.7 Å². The standard InChI is InChI=1S/C19H28N2O6/c1-19(2,3)27-18(23)21-9-7-20(8-10-21)17(22)13-11-14(24-4)16(26-6)15(12-13)25-5/h11-12H,7-10H2,1-6H3. The molecule has 0 bridgehead atoms. The molecule has 1 saturated heterocycles. The van der Waals surface area contributed by atoms with E-state index in [0.29, 0.717) is 49.0 Å². The number of piperazine rings is 1. The van der Waals surface area contributed by atoms with Crippen LogP contribution in [0.4, 0.5) is 4.79 Å². The number of ether oxygens (including phenoxy) is 4. The van der Waals surface area contributed by atoms with Crippen molar-refractivity contribution >= 4 is 12.0 Å². The smallest absolute Gasteiger partial charge is 0.410 e. The monoisotopic (exact) mass is 380 g/mol. The topological polar surface area (TPSA) is 77.5 Å². The van der Waals surface area contributed by atoms with Gasteiger partial charge in [0.2, 0.25) is 5.75 Å². The number of hydrogen-bond acceptors (Lipinski definition) is 6. The molecule has 0 atom stereocenters. The molecule has 1 aromatic carbocycles. The van der Waals surface area contributed by atoms with E-state index in [0.717, 1.165) is 0 Å². The van der Waals surface area contributed by atoms with Gasteiger partial charge in [0.05, 0.1) is 21.3 Å². The molecule has 0 aromatic heterocycles. The molecule has 0 spiro atoms. The van der Waals surface area contributed by atoms with Crippen LogP contribution in [0.2, 0.25) is 0 Å². The highest BCUT2D eigenvalue weighted by Crippen LogP contribution is 2.38. The predicted molar refractivity (Wildman–Crippen MR) is 99.8 cm³/mol. The molecule has 0 radical (unpaired) electrons. The van der Waals surface area contributed by atoms with Gasteiger partial charge in [-0.25, -0.2) is 4.79 Å². The SMILES string of the molecule is COc1cc(C(=O)N2CCN(C(=O)OC(C)(C)C)CC2)cc(OC)c1OC. The molecular formula is C19H28N2O6. The van der Waals surface area contributed by atoms with Crippen molar-refractivity contribution < 1.29 is 28.5 Å². The number of rotatable bonds is 4. The van der Waals surface area contributed by atoms with E-state index in [1.165, 1.54) is 21.3 Å². The number of nitrogens with zero attached hydrogens (tertiary/aromatic N) is 2. The molecule has 0 N–H and O–H groups in total. The Kier molecular flexibility index (Phi) is 6.41. The Labute approximate surface area is 159 Å². The minimum absolute atomic E-state index is 0.155. The number of benzene rings is 1. The molecule has 8 heteroatoms. The number of carbonyl (C=O) groups excluding carboxylic acids is 2. The Balaban J connectivity index is 2.09. The largest absolute Gasteiger partial charge is 0.493 e. The highest BCUT2D eigenvalue weighted by Gasteiger charge is 2.29. The molecule has 0 aliphatic carbocycles. The van der Waals surface area contributed by atoms with Gasteiger partial charge in [-0.15, -0.1) is 0 Å². The van der Waals surface area contributed by atoms with E-state index in [-0.39, 0.29) is 12.0 Å². The Morgan fingerprint density at radius 3 is 1.74 bits per heavy atom. The van der Waals surface area contributed by atoms with E-state index >= 15 is 0 Å². The molecule has 2 amide bonds. The van der Waals surface area contributed by atoms with Gasteiger partial charge >= 0.3 is 6.09 Å². The maximum atomic E-state index is 12.9. The third-order valence-electron chi connectivity index (χ3n) is 4.13. The van der Waals surface area contributed by atoms with Crippen LogP contribution >= 0.6 is 0 Å². The van der Waals surface area contributed by atoms with Gasteiger partial charge in [-0.05, 0) is 32.9 Å². The number of methoxy groups -OCH3 is 3. The van der Waals surface area contributed by atoms with Crippen LogP contribution in [0.3, 0.4) is 0 Å². The summed E-state index contributed by atoms with van der Waals surface area (Å²) in [5, 5.41) is 0. The first-order valence-corrected chi connectivity index (χ1v) is 8.77. The van der Waals surface area contributed by atoms with Crippen LogP contribution in [0, 0.1) is 0 Å². The minimum Gasteiger partial charge on any atom is -0.493 e. The molecule has 1 aliphatic rings. The van der Waals surface area contributed by atoms with Crippen molar-refractivity contribution in [2.75, 3.05) is 47.5 Å². The summed E-state index contributed by atoms with van der Waals surface area (Å²) in [5.74, 6) is 1.13. The normalized spacial score (nSPS) is 14.6. The Hall–Kier alpha value is -2.64. The van der Waals surface area contributed by atoms with Gasteiger partial charge in [0, 0.05) is 31.7 Å². The lowest BCUT2D eigenvalue weighted by molar-refractivity contribution is 0.0141. The second-order valence-electron chi connectivity index (χ2n) is 7.17. The molecule has 1 heterocycles. The number of hydrogen-bond donors (Lipinski definition) is 0. The van der Waals surface area contributed by atoms with E-state index in [4.69, 9.17) is 18.9 Å². The molecule has 0 saturated carbocycles. The predicted octanol–water partition coefficient (Wildman–Crippen LogP) is 2.41. The van der Waals surface area contributed by atoms with E-state index < -0.39 is 5.60 Å². The molecular weight excluding hydrogens is 352 g/mol. The maximum Gasteiger partial charge on any atom is 0.410 e. The Morgan fingerprint density at radius 1 is 0.852 bits per heavy atom. The second-order valence-corrected chi connectivity index (χ2v) is 7.17. The van der Waals surface area contributed by atoms with Crippen molar-refractivity contribution in [1.82, 2.24) is 9.80 Å². The summed E-state index contributed by atoms with van der Waals surface area (Å²) >= 11 is 0. The van der Waals surface area contributed by atoms with Crippen molar-refractivity contribution in [2.45, 2.75) is 26.4 Å².